The smallest absolute Gasteiger partial charge is 0.227 e. The van der Waals surface area contributed by atoms with Gasteiger partial charge in [0, 0.05) is 12.0 Å². The molecule has 4 heteroatoms. The van der Waals surface area contributed by atoms with Crippen LogP contribution in [0.2, 0.25) is 0 Å². The highest BCUT2D eigenvalue weighted by atomic mass is 16.2. The fourth-order valence-corrected chi connectivity index (χ4v) is 4.39. The van der Waals surface area contributed by atoms with E-state index in [9.17, 15) is 9.59 Å². The quantitative estimate of drug-likeness (QED) is 0.519. The van der Waals surface area contributed by atoms with Crippen molar-refractivity contribution < 1.29 is 9.59 Å². The second-order valence-corrected chi connectivity index (χ2v) is 8.09. The molecule has 0 radical (unpaired) electrons. The molecule has 2 aromatic carbocycles. The summed E-state index contributed by atoms with van der Waals surface area (Å²) in [5, 5.41) is 2.83. The van der Waals surface area contributed by atoms with Crippen molar-refractivity contribution in [1.82, 2.24) is 10.2 Å². The average Bonchev–Trinajstić information content (AvgIpc) is 2.75. The molecule has 0 unspecified atom stereocenters. The van der Waals surface area contributed by atoms with Crippen LogP contribution in [0.15, 0.2) is 60.7 Å². The maximum atomic E-state index is 11.5. The van der Waals surface area contributed by atoms with Gasteiger partial charge in [0.1, 0.15) is 5.78 Å². The van der Waals surface area contributed by atoms with E-state index in [2.05, 4.69) is 70.9 Å². The zero-order valence-corrected chi connectivity index (χ0v) is 17.4. The maximum absolute atomic E-state index is 11.5. The van der Waals surface area contributed by atoms with Crippen molar-refractivity contribution in [1.29, 1.82) is 0 Å². The fourth-order valence-electron chi connectivity index (χ4n) is 4.39. The van der Waals surface area contributed by atoms with E-state index in [1.165, 1.54) is 18.1 Å². The Morgan fingerprint density at radius 1 is 0.897 bits per heavy atom. The Morgan fingerprint density at radius 2 is 1.45 bits per heavy atom. The number of benzene rings is 2. The molecule has 1 fully saturated rings. The van der Waals surface area contributed by atoms with Gasteiger partial charge in [-0.3, -0.25) is 9.59 Å². The van der Waals surface area contributed by atoms with Crippen LogP contribution in [0.1, 0.15) is 50.2 Å². The van der Waals surface area contributed by atoms with Crippen LogP contribution in [-0.2, 0) is 15.0 Å². The Kier molecular flexibility index (Phi) is 7.59. The van der Waals surface area contributed by atoms with Crippen molar-refractivity contribution >= 4 is 11.7 Å². The van der Waals surface area contributed by atoms with Gasteiger partial charge in [0.2, 0.25) is 5.91 Å². The summed E-state index contributed by atoms with van der Waals surface area (Å²) in [5.74, 6) is -0.248. The SMILES string of the molecule is CC(=O)CC(=O)NCCCCN1CCC(c2ccccc2)(c2ccccc2)CC1. The van der Waals surface area contributed by atoms with E-state index in [0.29, 0.717) is 6.54 Å². The van der Waals surface area contributed by atoms with Gasteiger partial charge in [-0.2, -0.15) is 0 Å². The molecule has 3 rings (SSSR count). The molecule has 29 heavy (non-hydrogen) atoms. The molecule has 1 N–H and O–H groups in total. The number of piperidine rings is 1. The second kappa shape index (κ2) is 10.4. The number of carbonyl (C=O) groups excluding carboxylic acids is 2. The van der Waals surface area contributed by atoms with E-state index >= 15 is 0 Å². The zero-order chi connectivity index (χ0) is 20.5. The van der Waals surface area contributed by atoms with Crippen molar-refractivity contribution in [2.45, 2.75) is 44.4 Å². The highest BCUT2D eigenvalue weighted by molar-refractivity contribution is 5.96. The topological polar surface area (TPSA) is 49.4 Å². The van der Waals surface area contributed by atoms with E-state index in [-0.39, 0.29) is 23.5 Å². The molecule has 1 amide bonds. The van der Waals surface area contributed by atoms with Crippen molar-refractivity contribution in [3.63, 3.8) is 0 Å². The molecule has 0 aliphatic carbocycles. The lowest BCUT2D eigenvalue weighted by atomic mass is 9.68. The average molecular weight is 393 g/mol. The molecule has 1 saturated heterocycles. The minimum Gasteiger partial charge on any atom is -0.356 e. The maximum Gasteiger partial charge on any atom is 0.227 e. The predicted molar refractivity (Wildman–Crippen MR) is 117 cm³/mol. The first-order chi connectivity index (χ1) is 14.1. The van der Waals surface area contributed by atoms with Crippen molar-refractivity contribution in [2.24, 2.45) is 0 Å². The summed E-state index contributed by atoms with van der Waals surface area (Å²) in [5.41, 5.74) is 2.93. The first-order valence-corrected chi connectivity index (χ1v) is 10.7. The van der Waals surface area contributed by atoms with Gasteiger partial charge >= 0.3 is 0 Å². The lowest BCUT2D eigenvalue weighted by Crippen LogP contribution is -2.43. The second-order valence-electron chi connectivity index (χ2n) is 8.09. The molecule has 0 bridgehead atoms. The molecule has 1 aliphatic rings. The van der Waals surface area contributed by atoms with Crippen LogP contribution in [0.4, 0.5) is 0 Å². The minimum absolute atomic E-state index is 0.00677. The summed E-state index contributed by atoms with van der Waals surface area (Å²) in [6.45, 7) is 5.32. The molecule has 1 heterocycles. The van der Waals surface area contributed by atoms with Crippen molar-refractivity contribution in [2.75, 3.05) is 26.2 Å². The standard InChI is InChI=1S/C25H32N2O2/c1-21(28)20-24(29)26-16-8-9-17-27-18-14-25(15-19-27,22-10-4-2-5-11-22)23-12-6-3-7-13-23/h2-7,10-13H,8-9,14-20H2,1H3,(H,26,29). The van der Waals surface area contributed by atoms with Gasteiger partial charge in [-0.05, 0) is 63.4 Å². The Labute approximate surface area is 174 Å². The summed E-state index contributed by atoms with van der Waals surface area (Å²) >= 11 is 0. The Morgan fingerprint density at radius 3 is 1.97 bits per heavy atom. The molecular formula is C25H32N2O2. The third-order valence-corrected chi connectivity index (χ3v) is 6.00. The molecule has 0 spiro atoms. The number of likely N-dealkylation sites (tertiary alicyclic amines) is 1. The van der Waals surface area contributed by atoms with Crippen LogP contribution in [0.25, 0.3) is 0 Å². The lowest BCUT2D eigenvalue weighted by Gasteiger charge is -2.43. The predicted octanol–water partition coefficient (Wildman–Crippen LogP) is 3.94. The molecular weight excluding hydrogens is 360 g/mol. The lowest BCUT2D eigenvalue weighted by molar-refractivity contribution is -0.127. The van der Waals surface area contributed by atoms with Gasteiger partial charge in [0.15, 0.2) is 0 Å². The molecule has 4 nitrogen and oxygen atoms in total. The number of Topliss-reactive ketones (excluding diaryl/α,β-unsaturated/α-hetero) is 1. The largest absolute Gasteiger partial charge is 0.356 e. The molecule has 0 saturated carbocycles. The van der Waals surface area contributed by atoms with Gasteiger partial charge in [-0.1, -0.05) is 60.7 Å². The van der Waals surface area contributed by atoms with E-state index in [0.717, 1.165) is 45.3 Å². The third kappa shape index (κ3) is 5.77. The molecule has 0 aromatic heterocycles. The summed E-state index contributed by atoms with van der Waals surface area (Å²) in [4.78, 5) is 25.0. The number of unbranched alkanes of at least 4 members (excludes halogenated alkanes) is 1. The van der Waals surface area contributed by atoms with Crippen LogP contribution in [0.3, 0.4) is 0 Å². The van der Waals surface area contributed by atoms with E-state index in [1.807, 2.05) is 0 Å². The van der Waals surface area contributed by atoms with E-state index < -0.39 is 0 Å². The van der Waals surface area contributed by atoms with Gasteiger partial charge in [-0.15, -0.1) is 0 Å². The number of nitrogens with one attached hydrogen (secondary N) is 1. The van der Waals surface area contributed by atoms with E-state index in [4.69, 9.17) is 0 Å². The number of carbonyl (C=O) groups is 2. The minimum atomic E-state index is -0.161. The number of nitrogens with zero attached hydrogens (tertiary/aromatic N) is 1. The Balaban J connectivity index is 1.51. The van der Waals surface area contributed by atoms with Crippen LogP contribution >= 0.6 is 0 Å². The fraction of sp³-hybridized carbons (Fsp3) is 0.440. The van der Waals surface area contributed by atoms with Crippen LogP contribution in [-0.4, -0.2) is 42.8 Å². The highest BCUT2D eigenvalue weighted by Gasteiger charge is 2.37. The normalized spacial score (nSPS) is 16.3. The summed E-state index contributed by atoms with van der Waals surface area (Å²) < 4.78 is 0. The Bertz CT molecular complexity index is 739. The van der Waals surface area contributed by atoms with Crippen molar-refractivity contribution in [3.8, 4) is 0 Å². The van der Waals surface area contributed by atoms with Crippen LogP contribution < -0.4 is 5.32 Å². The number of amides is 1. The number of ketones is 1. The summed E-state index contributed by atoms with van der Waals surface area (Å²) in [6.07, 6.45) is 4.24. The molecule has 1 aliphatic heterocycles. The first-order valence-electron chi connectivity index (χ1n) is 10.7. The van der Waals surface area contributed by atoms with Gasteiger partial charge < -0.3 is 10.2 Å². The Hall–Kier alpha value is -2.46. The summed E-state index contributed by atoms with van der Waals surface area (Å²) in [6, 6.07) is 21.8. The number of rotatable bonds is 9. The van der Waals surface area contributed by atoms with Gasteiger partial charge in [-0.25, -0.2) is 0 Å². The van der Waals surface area contributed by atoms with Gasteiger partial charge in [0.25, 0.3) is 0 Å². The van der Waals surface area contributed by atoms with Crippen LogP contribution in [0, 0.1) is 0 Å². The summed E-state index contributed by atoms with van der Waals surface area (Å²) in [7, 11) is 0. The van der Waals surface area contributed by atoms with Gasteiger partial charge in [0.05, 0.1) is 6.42 Å². The number of hydrogen-bond acceptors (Lipinski definition) is 3. The molecule has 154 valence electrons. The molecule has 2 aromatic rings. The van der Waals surface area contributed by atoms with Crippen molar-refractivity contribution in [3.05, 3.63) is 71.8 Å². The highest BCUT2D eigenvalue weighted by Crippen LogP contribution is 2.41. The first kappa shape index (κ1) is 21.3. The zero-order valence-electron chi connectivity index (χ0n) is 17.4. The van der Waals surface area contributed by atoms with E-state index in [1.54, 1.807) is 0 Å². The molecule has 0 atom stereocenters. The number of hydrogen-bond donors (Lipinski definition) is 1. The monoisotopic (exact) mass is 392 g/mol. The van der Waals surface area contributed by atoms with Crippen LogP contribution in [0.5, 0.6) is 0 Å². The third-order valence-electron chi connectivity index (χ3n) is 6.00.